The summed E-state index contributed by atoms with van der Waals surface area (Å²) in [7, 11) is 0. The minimum absolute atomic E-state index is 0.0407. The Kier molecular flexibility index (Phi) is 15.8. The fourth-order valence-corrected chi connectivity index (χ4v) is 9.10. The molecule has 12 aromatic rings. The molecule has 2 aromatic heterocycles. The van der Waals surface area contributed by atoms with Gasteiger partial charge in [0.2, 0.25) is 11.5 Å². The molecule has 0 saturated heterocycles. The van der Waals surface area contributed by atoms with Crippen LogP contribution in [0.3, 0.4) is 0 Å². The van der Waals surface area contributed by atoms with E-state index in [2.05, 4.69) is 0 Å². The van der Waals surface area contributed by atoms with Crippen molar-refractivity contribution in [3.8, 4) is 46.0 Å². The third kappa shape index (κ3) is 12.2. The van der Waals surface area contributed by atoms with E-state index < -0.39 is 104 Å². The van der Waals surface area contributed by atoms with Crippen LogP contribution in [0.1, 0.15) is 82.9 Å². The lowest BCUT2D eigenvalue weighted by atomic mass is 10.0. The van der Waals surface area contributed by atoms with E-state index in [1.165, 1.54) is 97.1 Å². The van der Waals surface area contributed by atoms with Crippen LogP contribution in [0.2, 0.25) is 0 Å². The standard InChI is InChI=1S/C70H38O20/c71-61(39-13-5-1-6-14-39)81-47-29-21-43(22-30-47)65(75)85-53-37-51-55-56-52(70(80)89-59(55)57(53)87-67(77)45-25-33-49(34-26-45)83-63(73)41-17-9-3-10-18-41)38-54(86-66(76)44-23-31-48(32-24-44)82-62(72)40-15-7-2-8-16-40)58(60(56)90-69(51)79)88-68(78)46-27-35-50(36-28-46)84-64(74)42-19-11-4-12-20-42/h1-38H. The molecule has 0 radical (unpaired) electrons. The van der Waals surface area contributed by atoms with Gasteiger partial charge in [-0.05, 0) is 146 Å². The van der Waals surface area contributed by atoms with Crippen molar-refractivity contribution >= 4 is 80.5 Å². The van der Waals surface area contributed by atoms with Crippen LogP contribution >= 0.6 is 0 Å². The molecule has 12 rings (SSSR count). The van der Waals surface area contributed by atoms with Crippen LogP contribution in [-0.4, -0.2) is 47.8 Å². The molecule has 20 heteroatoms. The summed E-state index contributed by atoms with van der Waals surface area (Å²) in [5.41, 5.74) is -3.49. The number of benzene rings is 10. The summed E-state index contributed by atoms with van der Waals surface area (Å²) in [5.74, 6) is -9.91. The summed E-state index contributed by atoms with van der Waals surface area (Å²) in [6, 6.07) is 54.9. The minimum Gasteiger partial charge on any atom is -0.423 e. The molecule has 0 N–H and O–H groups in total. The summed E-state index contributed by atoms with van der Waals surface area (Å²) in [4.78, 5) is 137. The zero-order valence-corrected chi connectivity index (χ0v) is 46.1. The Morgan fingerprint density at radius 1 is 0.244 bits per heavy atom. The van der Waals surface area contributed by atoms with Gasteiger partial charge in [0.1, 0.15) is 23.0 Å². The molecular formula is C70H38O20. The Morgan fingerprint density at radius 2 is 0.456 bits per heavy atom. The second kappa shape index (κ2) is 24.8. The number of rotatable bonds is 16. The summed E-state index contributed by atoms with van der Waals surface area (Å²) in [6.07, 6.45) is 0. The van der Waals surface area contributed by atoms with Gasteiger partial charge >= 0.3 is 59.0 Å². The predicted molar refractivity (Wildman–Crippen MR) is 318 cm³/mol. The highest BCUT2D eigenvalue weighted by molar-refractivity contribution is 6.23. The van der Waals surface area contributed by atoms with Crippen molar-refractivity contribution in [3.63, 3.8) is 0 Å². The zero-order chi connectivity index (χ0) is 62.4. The molecule has 438 valence electrons. The van der Waals surface area contributed by atoms with E-state index in [4.69, 9.17) is 46.7 Å². The van der Waals surface area contributed by atoms with Crippen molar-refractivity contribution in [1.29, 1.82) is 0 Å². The fraction of sp³-hybridized carbons (Fsp3) is 0. The average molecular weight is 1200 g/mol. The molecule has 0 bridgehead atoms. The van der Waals surface area contributed by atoms with Crippen LogP contribution in [-0.2, 0) is 0 Å². The number of hydrogen-bond acceptors (Lipinski definition) is 20. The number of hydrogen-bond donors (Lipinski definition) is 0. The minimum atomic E-state index is -1.26. The number of carbonyl (C=O) groups excluding carboxylic acids is 8. The quantitative estimate of drug-likeness (QED) is 0.0376. The zero-order valence-electron chi connectivity index (χ0n) is 46.1. The van der Waals surface area contributed by atoms with Gasteiger partial charge < -0.3 is 46.7 Å². The van der Waals surface area contributed by atoms with E-state index in [1.807, 2.05) is 0 Å². The van der Waals surface area contributed by atoms with E-state index in [0.717, 1.165) is 12.1 Å². The van der Waals surface area contributed by atoms with E-state index >= 15 is 0 Å². The first-order chi connectivity index (χ1) is 43.7. The highest BCUT2D eigenvalue weighted by Gasteiger charge is 2.32. The first-order valence-corrected chi connectivity index (χ1v) is 27.0. The first kappa shape index (κ1) is 57.3. The Hall–Kier alpha value is -13.1. The molecule has 0 aliphatic carbocycles. The number of esters is 8. The molecule has 10 aromatic carbocycles. The van der Waals surface area contributed by atoms with Gasteiger partial charge in [-0.3, -0.25) is 0 Å². The predicted octanol–water partition coefficient (Wildman–Crippen LogP) is 12.2. The molecule has 0 aliphatic heterocycles. The van der Waals surface area contributed by atoms with Gasteiger partial charge in [-0.1, -0.05) is 72.8 Å². The molecule has 20 nitrogen and oxygen atoms in total. The van der Waals surface area contributed by atoms with Crippen LogP contribution in [0.15, 0.2) is 249 Å². The van der Waals surface area contributed by atoms with Crippen LogP contribution in [0.5, 0.6) is 46.0 Å². The lowest BCUT2D eigenvalue weighted by Gasteiger charge is -2.17. The van der Waals surface area contributed by atoms with Gasteiger partial charge in [0, 0.05) is 22.9 Å². The summed E-state index contributed by atoms with van der Waals surface area (Å²) < 4.78 is 57.2. The monoisotopic (exact) mass is 1200 g/mol. The van der Waals surface area contributed by atoms with Crippen molar-refractivity contribution in [2.24, 2.45) is 0 Å². The molecule has 0 fully saturated rings. The molecule has 2 heterocycles. The van der Waals surface area contributed by atoms with E-state index in [1.54, 1.807) is 121 Å². The van der Waals surface area contributed by atoms with Crippen molar-refractivity contribution < 1.29 is 85.1 Å². The van der Waals surface area contributed by atoms with Crippen molar-refractivity contribution in [1.82, 2.24) is 0 Å². The molecular weight excluding hydrogens is 1160 g/mol. The van der Waals surface area contributed by atoms with Gasteiger partial charge in [-0.2, -0.15) is 0 Å². The molecule has 90 heavy (non-hydrogen) atoms. The largest absolute Gasteiger partial charge is 0.423 e. The first-order valence-electron chi connectivity index (χ1n) is 27.0. The second-order valence-corrected chi connectivity index (χ2v) is 19.4. The van der Waals surface area contributed by atoms with E-state index in [9.17, 15) is 47.9 Å². The fourth-order valence-electron chi connectivity index (χ4n) is 9.10. The van der Waals surface area contributed by atoms with Gasteiger partial charge in [-0.15, -0.1) is 0 Å². The van der Waals surface area contributed by atoms with Crippen LogP contribution in [0.4, 0.5) is 0 Å². The normalized spacial score (nSPS) is 10.9. The summed E-state index contributed by atoms with van der Waals surface area (Å²) >= 11 is 0. The molecule has 0 aliphatic rings. The van der Waals surface area contributed by atoms with Gasteiger partial charge in [0.15, 0.2) is 22.7 Å². The highest BCUT2D eigenvalue weighted by Crippen LogP contribution is 2.47. The maximum atomic E-state index is 14.6. The van der Waals surface area contributed by atoms with Crippen molar-refractivity contribution in [2.45, 2.75) is 0 Å². The van der Waals surface area contributed by atoms with Crippen LogP contribution in [0.25, 0.3) is 32.7 Å². The molecule has 0 spiro atoms. The Labute approximate surface area is 505 Å². The third-order valence-electron chi connectivity index (χ3n) is 13.5. The number of carbonyl (C=O) groups is 8. The third-order valence-corrected chi connectivity index (χ3v) is 13.5. The molecule has 0 unspecified atom stereocenters. The van der Waals surface area contributed by atoms with Crippen LogP contribution < -0.4 is 49.1 Å². The van der Waals surface area contributed by atoms with Gasteiger partial charge in [0.05, 0.1) is 55.3 Å². The second-order valence-electron chi connectivity index (χ2n) is 19.4. The van der Waals surface area contributed by atoms with Crippen molar-refractivity contribution in [3.05, 3.63) is 296 Å². The average Bonchev–Trinajstić information content (AvgIpc) is 0.716. The van der Waals surface area contributed by atoms with Crippen molar-refractivity contribution in [2.75, 3.05) is 0 Å². The lowest BCUT2D eigenvalue weighted by Crippen LogP contribution is -2.17. The highest BCUT2D eigenvalue weighted by atomic mass is 16.6. The molecule has 0 amide bonds. The summed E-state index contributed by atoms with van der Waals surface area (Å²) in [5, 5.41) is -1.52. The summed E-state index contributed by atoms with van der Waals surface area (Å²) in [6.45, 7) is 0. The van der Waals surface area contributed by atoms with Gasteiger partial charge in [-0.25, -0.2) is 47.9 Å². The Bertz CT molecular complexity index is 4600. The maximum absolute atomic E-state index is 14.6. The van der Waals surface area contributed by atoms with Gasteiger partial charge in [0.25, 0.3) is 0 Å². The maximum Gasteiger partial charge on any atom is 0.344 e. The number of ether oxygens (including phenoxy) is 8. The Balaban J connectivity index is 0.937. The molecule has 0 atom stereocenters. The SMILES string of the molecule is O=C(Oc1ccc(C(=O)Oc2cc3c(=O)oc4c(OC(=O)c5ccc(OC(=O)c6ccccc6)cc5)c(OC(=O)c5ccc(OC(=O)c6ccccc6)cc5)cc5c(=O)oc(c2OC(=O)c2ccc(OC(=O)c6ccccc6)cc2)c3c45)cc1)c1ccccc1. The van der Waals surface area contributed by atoms with Crippen LogP contribution in [0, 0.1) is 0 Å². The Morgan fingerprint density at radius 3 is 0.700 bits per heavy atom. The smallest absolute Gasteiger partial charge is 0.344 e. The van der Waals surface area contributed by atoms with E-state index in [0.29, 0.717) is 0 Å². The topological polar surface area (TPSA) is 271 Å². The molecule has 0 saturated carbocycles. The van der Waals surface area contributed by atoms with E-state index in [-0.39, 0.29) is 78.3 Å². The lowest BCUT2D eigenvalue weighted by molar-refractivity contribution is 0.0682.